The maximum atomic E-state index is 12.0. The third-order valence-corrected chi connectivity index (χ3v) is 3.99. The van der Waals surface area contributed by atoms with Crippen molar-refractivity contribution >= 4 is 22.4 Å². The van der Waals surface area contributed by atoms with Gasteiger partial charge in [-0.1, -0.05) is 0 Å². The lowest BCUT2D eigenvalue weighted by molar-refractivity contribution is 0.0940. The number of carbonyl (C=O) groups excluding carboxylic acids is 1. The van der Waals surface area contributed by atoms with E-state index < -0.39 is 0 Å². The van der Waals surface area contributed by atoms with Crippen LogP contribution < -0.4 is 10.2 Å². The van der Waals surface area contributed by atoms with Gasteiger partial charge in [0.25, 0.3) is 5.91 Å². The minimum Gasteiger partial charge on any atom is -0.347 e. The maximum Gasteiger partial charge on any atom is 0.251 e. The Kier molecular flexibility index (Phi) is 3.41. The Morgan fingerprint density at radius 1 is 1.37 bits per heavy atom. The topological polar surface area (TPSA) is 58.1 Å². The average Bonchev–Trinajstić information content (AvgIpc) is 3.10. The number of carbonyl (C=O) groups is 1. The zero-order valence-electron chi connectivity index (χ0n) is 10.3. The number of pyridine rings is 1. The van der Waals surface area contributed by atoms with Crippen LogP contribution in [0.1, 0.15) is 16.8 Å². The highest BCUT2D eigenvalue weighted by Crippen LogP contribution is 2.22. The van der Waals surface area contributed by atoms with Gasteiger partial charge in [0.1, 0.15) is 0 Å². The van der Waals surface area contributed by atoms with E-state index in [1.54, 1.807) is 35.9 Å². The van der Waals surface area contributed by atoms with Gasteiger partial charge in [0.2, 0.25) is 0 Å². The van der Waals surface area contributed by atoms with Crippen LogP contribution in [0.4, 0.5) is 5.13 Å². The van der Waals surface area contributed by atoms with Crippen molar-refractivity contribution in [2.75, 3.05) is 18.0 Å². The summed E-state index contributed by atoms with van der Waals surface area (Å²) in [5, 5.41) is 6.05. The van der Waals surface area contributed by atoms with Gasteiger partial charge in [0, 0.05) is 48.7 Å². The Morgan fingerprint density at radius 2 is 2.21 bits per heavy atom. The minimum atomic E-state index is -0.0339. The van der Waals surface area contributed by atoms with E-state index in [-0.39, 0.29) is 11.9 Å². The van der Waals surface area contributed by atoms with Gasteiger partial charge < -0.3 is 10.2 Å². The average molecular weight is 274 g/mol. The van der Waals surface area contributed by atoms with E-state index in [4.69, 9.17) is 0 Å². The van der Waals surface area contributed by atoms with Gasteiger partial charge in [-0.15, -0.1) is 11.3 Å². The van der Waals surface area contributed by atoms with E-state index in [1.165, 1.54) is 0 Å². The highest BCUT2D eigenvalue weighted by molar-refractivity contribution is 7.13. The van der Waals surface area contributed by atoms with Crippen LogP contribution in [0.2, 0.25) is 0 Å². The largest absolute Gasteiger partial charge is 0.347 e. The van der Waals surface area contributed by atoms with Crippen molar-refractivity contribution in [1.82, 2.24) is 15.3 Å². The molecule has 1 amide bonds. The molecule has 1 saturated heterocycles. The quantitative estimate of drug-likeness (QED) is 0.922. The van der Waals surface area contributed by atoms with Crippen LogP contribution in [-0.4, -0.2) is 35.0 Å². The molecule has 1 aliphatic rings. The summed E-state index contributed by atoms with van der Waals surface area (Å²) >= 11 is 1.63. The number of amides is 1. The summed E-state index contributed by atoms with van der Waals surface area (Å²) in [6, 6.07) is 3.63. The molecule has 0 bridgehead atoms. The van der Waals surface area contributed by atoms with Crippen molar-refractivity contribution < 1.29 is 4.79 Å². The molecular formula is C13H14N4OS. The molecule has 3 heterocycles. The number of anilines is 1. The molecule has 1 fully saturated rings. The van der Waals surface area contributed by atoms with Crippen molar-refractivity contribution in [3.63, 3.8) is 0 Å². The van der Waals surface area contributed by atoms with E-state index in [9.17, 15) is 4.79 Å². The van der Waals surface area contributed by atoms with Gasteiger partial charge in [-0.05, 0) is 18.6 Å². The van der Waals surface area contributed by atoms with Crippen LogP contribution in [0.15, 0.2) is 36.1 Å². The zero-order valence-corrected chi connectivity index (χ0v) is 11.1. The van der Waals surface area contributed by atoms with Gasteiger partial charge in [0.15, 0.2) is 5.13 Å². The van der Waals surface area contributed by atoms with Gasteiger partial charge >= 0.3 is 0 Å². The standard InChI is InChI=1S/C13H14N4OS/c18-12(10-1-4-14-5-2-10)16-11-3-7-17(9-11)13-15-6-8-19-13/h1-2,4-6,8,11H,3,7,9H2,(H,16,18)/t11-/m1/s1. The van der Waals surface area contributed by atoms with Crippen molar-refractivity contribution in [3.05, 3.63) is 41.7 Å². The summed E-state index contributed by atoms with van der Waals surface area (Å²) in [6.45, 7) is 1.76. The Bertz CT molecular complexity index is 543. The molecule has 1 aliphatic heterocycles. The lowest BCUT2D eigenvalue weighted by Crippen LogP contribution is -2.37. The highest BCUT2D eigenvalue weighted by atomic mass is 32.1. The SMILES string of the molecule is O=C(N[C@@H]1CCN(c2nccs2)C1)c1ccncc1. The Labute approximate surface area is 115 Å². The fraction of sp³-hybridized carbons (Fsp3) is 0.308. The summed E-state index contributed by atoms with van der Waals surface area (Å²) in [5.41, 5.74) is 0.655. The van der Waals surface area contributed by atoms with E-state index in [0.717, 1.165) is 24.6 Å². The van der Waals surface area contributed by atoms with Gasteiger partial charge in [-0.25, -0.2) is 4.98 Å². The minimum absolute atomic E-state index is 0.0339. The van der Waals surface area contributed by atoms with E-state index in [0.29, 0.717) is 5.56 Å². The monoisotopic (exact) mass is 274 g/mol. The van der Waals surface area contributed by atoms with Crippen LogP contribution in [-0.2, 0) is 0 Å². The Hall–Kier alpha value is -1.95. The molecule has 0 spiro atoms. The van der Waals surface area contributed by atoms with Gasteiger partial charge in [-0.2, -0.15) is 0 Å². The van der Waals surface area contributed by atoms with Crippen molar-refractivity contribution in [3.8, 4) is 0 Å². The highest BCUT2D eigenvalue weighted by Gasteiger charge is 2.25. The van der Waals surface area contributed by atoms with Crippen LogP contribution in [0, 0.1) is 0 Å². The molecule has 2 aromatic rings. The first-order valence-corrected chi connectivity index (χ1v) is 7.06. The predicted molar refractivity (Wildman–Crippen MR) is 74.4 cm³/mol. The summed E-state index contributed by atoms with van der Waals surface area (Å²) in [4.78, 5) is 22.4. The molecule has 98 valence electrons. The lowest BCUT2D eigenvalue weighted by Gasteiger charge is -2.15. The summed E-state index contributed by atoms with van der Waals surface area (Å²) < 4.78 is 0. The Balaban J connectivity index is 1.59. The first kappa shape index (κ1) is 12.1. The molecular weight excluding hydrogens is 260 g/mol. The molecule has 0 saturated carbocycles. The molecule has 2 aromatic heterocycles. The molecule has 0 unspecified atom stereocenters. The van der Waals surface area contributed by atoms with E-state index >= 15 is 0 Å². The third-order valence-electron chi connectivity index (χ3n) is 3.16. The second-order valence-corrected chi connectivity index (χ2v) is 5.33. The molecule has 1 atom stereocenters. The van der Waals surface area contributed by atoms with Crippen LogP contribution >= 0.6 is 11.3 Å². The number of thiazole rings is 1. The lowest BCUT2D eigenvalue weighted by atomic mass is 10.2. The Morgan fingerprint density at radius 3 is 2.95 bits per heavy atom. The number of aromatic nitrogens is 2. The van der Waals surface area contributed by atoms with Crippen molar-refractivity contribution in [2.45, 2.75) is 12.5 Å². The third kappa shape index (κ3) is 2.73. The predicted octanol–water partition coefficient (Wildman–Crippen LogP) is 1.55. The summed E-state index contributed by atoms with van der Waals surface area (Å²) in [6.07, 6.45) is 6.02. The van der Waals surface area contributed by atoms with Crippen molar-refractivity contribution in [2.24, 2.45) is 0 Å². The number of hydrogen-bond acceptors (Lipinski definition) is 5. The fourth-order valence-electron chi connectivity index (χ4n) is 2.20. The number of hydrogen-bond donors (Lipinski definition) is 1. The second-order valence-electron chi connectivity index (χ2n) is 4.46. The smallest absolute Gasteiger partial charge is 0.251 e. The van der Waals surface area contributed by atoms with Gasteiger partial charge in [0.05, 0.1) is 0 Å². The molecule has 19 heavy (non-hydrogen) atoms. The summed E-state index contributed by atoms with van der Waals surface area (Å²) in [5.74, 6) is -0.0339. The fourth-order valence-corrected chi connectivity index (χ4v) is 2.88. The molecule has 0 aromatic carbocycles. The number of nitrogens with one attached hydrogen (secondary N) is 1. The first-order valence-electron chi connectivity index (χ1n) is 6.18. The van der Waals surface area contributed by atoms with E-state index in [1.807, 2.05) is 11.6 Å². The molecule has 3 rings (SSSR count). The van der Waals surface area contributed by atoms with Crippen LogP contribution in [0.5, 0.6) is 0 Å². The molecule has 6 heteroatoms. The first-order chi connectivity index (χ1) is 9.33. The van der Waals surface area contributed by atoms with E-state index in [2.05, 4.69) is 20.2 Å². The molecule has 0 aliphatic carbocycles. The number of rotatable bonds is 3. The van der Waals surface area contributed by atoms with Gasteiger partial charge in [-0.3, -0.25) is 9.78 Å². The molecule has 0 radical (unpaired) electrons. The second kappa shape index (κ2) is 5.36. The number of nitrogens with zero attached hydrogens (tertiary/aromatic N) is 3. The normalized spacial score (nSPS) is 18.5. The maximum absolute atomic E-state index is 12.0. The molecule has 5 nitrogen and oxygen atoms in total. The molecule has 1 N–H and O–H groups in total. The van der Waals surface area contributed by atoms with Crippen LogP contribution in [0.25, 0.3) is 0 Å². The zero-order chi connectivity index (χ0) is 13.1. The van der Waals surface area contributed by atoms with Crippen molar-refractivity contribution in [1.29, 1.82) is 0 Å². The summed E-state index contributed by atoms with van der Waals surface area (Å²) in [7, 11) is 0. The van der Waals surface area contributed by atoms with Crippen LogP contribution in [0.3, 0.4) is 0 Å².